The third kappa shape index (κ3) is 3.46. The van der Waals surface area contributed by atoms with E-state index in [0.717, 1.165) is 18.7 Å². The van der Waals surface area contributed by atoms with E-state index in [9.17, 15) is 5.11 Å². The van der Waals surface area contributed by atoms with E-state index >= 15 is 0 Å². The molecule has 0 atom stereocenters. The Kier molecular flexibility index (Phi) is 4.61. The van der Waals surface area contributed by atoms with Crippen molar-refractivity contribution in [2.24, 2.45) is 0 Å². The molecule has 3 N–H and O–H groups in total. The molecule has 0 bridgehead atoms. The molecule has 1 aromatic heterocycles. The van der Waals surface area contributed by atoms with Crippen LogP contribution in [-0.4, -0.2) is 28.9 Å². The minimum atomic E-state index is 0.175. The van der Waals surface area contributed by atoms with Crippen LogP contribution in [0.1, 0.15) is 5.56 Å². The van der Waals surface area contributed by atoms with Gasteiger partial charge in [0.1, 0.15) is 5.75 Å². The minimum Gasteiger partial charge on any atom is -0.507 e. The van der Waals surface area contributed by atoms with Crippen molar-refractivity contribution < 1.29 is 5.11 Å². The van der Waals surface area contributed by atoms with Crippen LogP contribution in [0.2, 0.25) is 0 Å². The van der Waals surface area contributed by atoms with Gasteiger partial charge in [0.05, 0.1) is 11.4 Å². The smallest absolute Gasteiger partial charge is 0.169 e. The van der Waals surface area contributed by atoms with Gasteiger partial charge in [-0.3, -0.25) is 0 Å². The summed E-state index contributed by atoms with van der Waals surface area (Å²) in [5, 5.41) is 18.2. The van der Waals surface area contributed by atoms with Crippen LogP contribution in [0, 0.1) is 0 Å². The summed E-state index contributed by atoms with van der Waals surface area (Å²) in [6, 6.07) is 19.2. The Balaban J connectivity index is 1.82. The number of phenolic OH excluding ortho intramolecular Hbond substituents is 1. The number of rotatable bonds is 5. The van der Waals surface area contributed by atoms with Gasteiger partial charge >= 0.3 is 0 Å². The fourth-order valence-corrected chi connectivity index (χ4v) is 2.58. The van der Waals surface area contributed by atoms with Crippen molar-refractivity contribution in [2.45, 2.75) is 6.42 Å². The minimum absolute atomic E-state index is 0.175. The summed E-state index contributed by atoms with van der Waals surface area (Å²) >= 11 is 0. The summed E-state index contributed by atoms with van der Waals surface area (Å²) in [7, 11) is 1.98. The number of benzene rings is 2. The standard InChI is InChI=1S/C19H20N4O/c1-23(12-11-14-7-3-2-4-8-14)17-13-16(21-22-19(17)20)15-9-5-6-10-18(15)24/h2-10,13,24H,11-12H2,1H3,(H2,20,22). The van der Waals surface area contributed by atoms with E-state index in [1.54, 1.807) is 12.1 Å². The first kappa shape index (κ1) is 15.8. The highest BCUT2D eigenvalue weighted by atomic mass is 16.3. The Labute approximate surface area is 141 Å². The van der Waals surface area contributed by atoms with Crippen LogP contribution < -0.4 is 10.6 Å². The molecule has 0 aliphatic heterocycles. The van der Waals surface area contributed by atoms with Crippen LogP contribution in [0.3, 0.4) is 0 Å². The number of hydrogen-bond acceptors (Lipinski definition) is 5. The second-order valence-corrected chi connectivity index (χ2v) is 5.67. The normalized spacial score (nSPS) is 10.5. The maximum Gasteiger partial charge on any atom is 0.169 e. The number of aromatic hydroxyl groups is 1. The molecule has 0 radical (unpaired) electrons. The van der Waals surface area contributed by atoms with E-state index in [0.29, 0.717) is 17.1 Å². The zero-order chi connectivity index (χ0) is 16.9. The lowest BCUT2D eigenvalue weighted by molar-refractivity contribution is 0.477. The average molecular weight is 320 g/mol. The van der Waals surface area contributed by atoms with E-state index in [2.05, 4.69) is 27.2 Å². The van der Waals surface area contributed by atoms with Crippen molar-refractivity contribution in [1.82, 2.24) is 10.2 Å². The molecule has 0 spiro atoms. The molecule has 3 rings (SSSR count). The number of nitrogens with zero attached hydrogens (tertiary/aromatic N) is 3. The van der Waals surface area contributed by atoms with Gasteiger partial charge in [0.25, 0.3) is 0 Å². The van der Waals surface area contributed by atoms with Crippen LogP contribution in [0.4, 0.5) is 11.5 Å². The molecule has 0 saturated heterocycles. The molecule has 5 heteroatoms. The van der Waals surface area contributed by atoms with Gasteiger partial charge in [0.15, 0.2) is 5.82 Å². The highest BCUT2D eigenvalue weighted by Gasteiger charge is 2.12. The predicted molar refractivity (Wildman–Crippen MR) is 97.0 cm³/mol. The summed E-state index contributed by atoms with van der Waals surface area (Å²) in [4.78, 5) is 2.06. The molecule has 0 fully saturated rings. The molecule has 0 unspecified atom stereocenters. The maximum absolute atomic E-state index is 10.0. The first-order valence-electron chi connectivity index (χ1n) is 7.82. The van der Waals surface area contributed by atoms with Crippen molar-refractivity contribution in [3.8, 4) is 17.0 Å². The molecule has 3 aromatic rings. The van der Waals surface area contributed by atoms with Crippen LogP contribution in [0.5, 0.6) is 5.75 Å². The Bertz CT molecular complexity index is 821. The van der Waals surface area contributed by atoms with Gasteiger partial charge in [-0.05, 0) is 30.2 Å². The largest absolute Gasteiger partial charge is 0.507 e. The second kappa shape index (κ2) is 7.00. The monoisotopic (exact) mass is 320 g/mol. The zero-order valence-electron chi connectivity index (χ0n) is 13.6. The van der Waals surface area contributed by atoms with Gasteiger partial charge < -0.3 is 15.7 Å². The molecule has 0 saturated carbocycles. The predicted octanol–water partition coefficient (Wildman–Crippen LogP) is 3.11. The first-order valence-corrected chi connectivity index (χ1v) is 7.82. The Morgan fingerprint density at radius 3 is 2.46 bits per heavy atom. The number of nitrogen functional groups attached to an aromatic ring is 1. The molecule has 0 amide bonds. The average Bonchev–Trinajstić information content (AvgIpc) is 2.61. The lowest BCUT2D eigenvalue weighted by Gasteiger charge is -2.21. The Morgan fingerprint density at radius 1 is 1.00 bits per heavy atom. The van der Waals surface area contributed by atoms with E-state index < -0.39 is 0 Å². The number of nitrogens with two attached hydrogens (primary N) is 1. The van der Waals surface area contributed by atoms with Crippen LogP contribution in [0.15, 0.2) is 60.7 Å². The summed E-state index contributed by atoms with van der Waals surface area (Å²) < 4.78 is 0. The molecule has 0 aliphatic rings. The fraction of sp³-hybridized carbons (Fsp3) is 0.158. The third-order valence-electron chi connectivity index (χ3n) is 3.97. The number of phenols is 1. The van der Waals surface area contributed by atoms with Crippen molar-refractivity contribution in [2.75, 3.05) is 24.2 Å². The molecule has 2 aromatic carbocycles. The molecular formula is C19H20N4O. The quantitative estimate of drug-likeness (QED) is 0.755. The number of likely N-dealkylation sites (N-methyl/N-ethyl adjacent to an activating group) is 1. The fourth-order valence-electron chi connectivity index (χ4n) is 2.58. The number of hydrogen-bond donors (Lipinski definition) is 2. The van der Waals surface area contributed by atoms with Gasteiger partial charge in [-0.15, -0.1) is 10.2 Å². The van der Waals surface area contributed by atoms with E-state index in [1.807, 2.05) is 43.4 Å². The lowest BCUT2D eigenvalue weighted by atomic mass is 10.1. The molecule has 122 valence electrons. The van der Waals surface area contributed by atoms with Crippen molar-refractivity contribution >= 4 is 11.5 Å². The number of aromatic nitrogens is 2. The maximum atomic E-state index is 10.0. The molecule has 24 heavy (non-hydrogen) atoms. The molecule has 0 aliphatic carbocycles. The van der Waals surface area contributed by atoms with E-state index in [4.69, 9.17) is 5.73 Å². The highest BCUT2D eigenvalue weighted by molar-refractivity contribution is 5.73. The molecule has 5 nitrogen and oxygen atoms in total. The summed E-state index contributed by atoms with van der Waals surface area (Å²) in [5.41, 5.74) is 9.31. The van der Waals surface area contributed by atoms with Gasteiger partial charge in [-0.2, -0.15) is 0 Å². The zero-order valence-corrected chi connectivity index (χ0v) is 13.6. The number of para-hydroxylation sites is 1. The highest BCUT2D eigenvalue weighted by Crippen LogP contribution is 2.30. The SMILES string of the molecule is CN(CCc1ccccc1)c1cc(-c2ccccc2O)nnc1N. The van der Waals surface area contributed by atoms with Crippen molar-refractivity contribution in [3.05, 3.63) is 66.2 Å². The second-order valence-electron chi connectivity index (χ2n) is 5.67. The van der Waals surface area contributed by atoms with Crippen molar-refractivity contribution in [1.29, 1.82) is 0 Å². The summed E-state index contributed by atoms with van der Waals surface area (Å²) in [6.45, 7) is 0.806. The van der Waals surface area contributed by atoms with Gasteiger partial charge in [-0.1, -0.05) is 42.5 Å². The van der Waals surface area contributed by atoms with Crippen LogP contribution in [0.25, 0.3) is 11.3 Å². The third-order valence-corrected chi connectivity index (χ3v) is 3.97. The van der Waals surface area contributed by atoms with Crippen LogP contribution >= 0.6 is 0 Å². The van der Waals surface area contributed by atoms with Crippen molar-refractivity contribution in [3.63, 3.8) is 0 Å². The number of anilines is 2. The summed E-state index contributed by atoms with van der Waals surface area (Å²) in [6.07, 6.45) is 0.908. The van der Waals surface area contributed by atoms with E-state index in [-0.39, 0.29) is 5.75 Å². The Hall–Kier alpha value is -3.08. The van der Waals surface area contributed by atoms with Gasteiger partial charge in [-0.25, -0.2) is 0 Å². The first-order chi connectivity index (χ1) is 11.6. The van der Waals surface area contributed by atoms with Gasteiger partial charge in [0, 0.05) is 19.2 Å². The molecule has 1 heterocycles. The molecular weight excluding hydrogens is 300 g/mol. The van der Waals surface area contributed by atoms with Gasteiger partial charge in [0.2, 0.25) is 0 Å². The summed E-state index contributed by atoms with van der Waals surface area (Å²) in [5.74, 6) is 0.555. The Morgan fingerprint density at radius 2 is 1.71 bits per heavy atom. The topological polar surface area (TPSA) is 75.3 Å². The lowest BCUT2D eigenvalue weighted by Crippen LogP contribution is -2.22. The van der Waals surface area contributed by atoms with Crippen LogP contribution in [-0.2, 0) is 6.42 Å². The van der Waals surface area contributed by atoms with E-state index in [1.165, 1.54) is 5.56 Å².